The monoisotopic (exact) mass is 300 g/mol. The highest BCUT2D eigenvalue weighted by Gasteiger charge is 2.12. The van der Waals surface area contributed by atoms with Crippen LogP contribution in [0.1, 0.15) is 23.7 Å². The highest BCUT2D eigenvalue weighted by atomic mass is 79.9. The molecule has 1 aromatic rings. The number of pyridine rings is 1. The number of carbonyl (C=O) groups excluding carboxylic acids is 1. The molecule has 0 saturated carbocycles. The van der Waals surface area contributed by atoms with Crippen molar-refractivity contribution in [1.29, 1.82) is 0 Å². The fraction of sp³-hybridized carbons (Fsp3) is 0.364. The number of nitrogens with zero attached hydrogens (tertiary/aromatic N) is 1. The first-order valence-corrected chi connectivity index (χ1v) is 5.90. The molecular weight excluding hydrogens is 288 g/mol. The fourth-order valence-corrected chi connectivity index (χ4v) is 1.72. The second kappa shape index (κ2) is 6.34. The van der Waals surface area contributed by atoms with Crippen LogP contribution in [0.4, 0.5) is 0 Å². The van der Waals surface area contributed by atoms with Crippen LogP contribution in [0.2, 0.25) is 0 Å². The SMILES string of the molecule is CC(CNC(=O)c1cccnc1Br)CC(=O)O. The topological polar surface area (TPSA) is 79.3 Å². The van der Waals surface area contributed by atoms with Crippen molar-refractivity contribution in [1.82, 2.24) is 10.3 Å². The third-order valence-electron chi connectivity index (χ3n) is 2.14. The van der Waals surface area contributed by atoms with Gasteiger partial charge in [-0.15, -0.1) is 0 Å². The molecule has 0 bridgehead atoms. The number of carbonyl (C=O) groups is 2. The summed E-state index contributed by atoms with van der Waals surface area (Å²) in [6.45, 7) is 2.10. The molecule has 5 nitrogen and oxygen atoms in total. The number of carboxylic acid groups (broad SMARTS) is 1. The van der Waals surface area contributed by atoms with Gasteiger partial charge in [-0.05, 0) is 34.0 Å². The molecule has 0 saturated heterocycles. The first kappa shape index (κ1) is 13.6. The summed E-state index contributed by atoms with van der Waals surface area (Å²) in [5, 5.41) is 11.3. The zero-order chi connectivity index (χ0) is 12.8. The molecule has 1 unspecified atom stereocenters. The smallest absolute Gasteiger partial charge is 0.303 e. The largest absolute Gasteiger partial charge is 0.481 e. The van der Waals surface area contributed by atoms with E-state index in [4.69, 9.17) is 5.11 Å². The first-order chi connectivity index (χ1) is 8.00. The molecule has 0 aliphatic carbocycles. The number of nitrogens with one attached hydrogen (secondary N) is 1. The van der Waals surface area contributed by atoms with Crippen molar-refractivity contribution in [2.24, 2.45) is 5.92 Å². The zero-order valence-electron chi connectivity index (χ0n) is 9.31. The van der Waals surface area contributed by atoms with Gasteiger partial charge in [-0.2, -0.15) is 0 Å². The van der Waals surface area contributed by atoms with Gasteiger partial charge < -0.3 is 10.4 Å². The summed E-state index contributed by atoms with van der Waals surface area (Å²) >= 11 is 3.18. The number of aliphatic carboxylic acids is 1. The van der Waals surface area contributed by atoms with E-state index in [2.05, 4.69) is 26.2 Å². The maximum absolute atomic E-state index is 11.7. The number of amides is 1. The number of aromatic nitrogens is 1. The van der Waals surface area contributed by atoms with E-state index >= 15 is 0 Å². The van der Waals surface area contributed by atoms with Gasteiger partial charge in [0.15, 0.2) is 0 Å². The van der Waals surface area contributed by atoms with Crippen LogP contribution in [0.15, 0.2) is 22.9 Å². The van der Waals surface area contributed by atoms with Crippen LogP contribution in [0.5, 0.6) is 0 Å². The quantitative estimate of drug-likeness (QED) is 0.811. The molecule has 0 fully saturated rings. The van der Waals surface area contributed by atoms with Crippen LogP contribution in [0.3, 0.4) is 0 Å². The van der Waals surface area contributed by atoms with Gasteiger partial charge >= 0.3 is 5.97 Å². The second-order valence-electron chi connectivity index (χ2n) is 3.75. The molecule has 0 aliphatic rings. The molecule has 17 heavy (non-hydrogen) atoms. The van der Waals surface area contributed by atoms with Crippen molar-refractivity contribution in [2.45, 2.75) is 13.3 Å². The lowest BCUT2D eigenvalue weighted by molar-refractivity contribution is -0.137. The van der Waals surface area contributed by atoms with Gasteiger partial charge in [0, 0.05) is 19.2 Å². The van der Waals surface area contributed by atoms with E-state index in [-0.39, 0.29) is 18.2 Å². The van der Waals surface area contributed by atoms with E-state index < -0.39 is 5.97 Å². The van der Waals surface area contributed by atoms with Gasteiger partial charge in [-0.3, -0.25) is 9.59 Å². The van der Waals surface area contributed by atoms with Gasteiger partial charge in [0.25, 0.3) is 5.91 Å². The van der Waals surface area contributed by atoms with Gasteiger partial charge in [-0.25, -0.2) is 4.98 Å². The van der Waals surface area contributed by atoms with Gasteiger partial charge in [0.2, 0.25) is 0 Å². The second-order valence-corrected chi connectivity index (χ2v) is 4.51. The first-order valence-electron chi connectivity index (χ1n) is 5.11. The third-order valence-corrected chi connectivity index (χ3v) is 2.77. The molecule has 0 spiro atoms. The van der Waals surface area contributed by atoms with Crippen LogP contribution < -0.4 is 5.32 Å². The van der Waals surface area contributed by atoms with Crippen molar-refractivity contribution in [3.05, 3.63) is 28.5 Å². The van der Waals surface area contributed by atoms with E-state index in [1.807, 2.05) is 0 Å². The Morgan fingerprint density at radius 3 is 2.88 bits per heavy atom. The summed E-state index contributed by atoms with van der Waals surface area (Å²) in [5.74, 6) is -1.23. The predicted molar refractivity (Wildman–Crippen MR) is 65.7 cm³/mol. The number of halogens is 1. The molecule has 0 radical (unpaired) electrons. The van der Waals surface area contributed by atoms with Crippen molar-refractivity contribution in [3.8, 4) is 0 Å². The van der Waals surface area contributed by atoms with E-state index in [9.17, 15) is 9.59 Å². The molecule has 0 aromatic carbocycles. The molecule has 0 aliphatic heterocycles. The maximum atomic E-state index is 11.7. The van der Waals surface area contributed by atoms with Crippen molar-refractivity contribution >= 4 is 27.8 Å². The van der Waals surface area contributed by atoms with Crippen LogP contribution in [-0.4, -0.2) is 28.5 Å². The van der Waals surface area contributed by atoms with Crippen molar-refractivity contribution in [2.75, 3.05) is 6.54 Å². The van der Waals surface area contributed by atoms with Crippen LogP contribution in [0.25, 0.3) is 0 Å². The minimum atomic E-state index is -0.866. The van der Waals surface area contributed by atoms with Crippen LogP contribution in [-0.2, 0) is 4.79 Å². The summed E-state index contributed by atoms with van der Waals surface area (Å²) in [6.07, 6.45) is 1.61. The minimum absolute atomic E-state index is 0.0362. The Bertz CT molecular complexity index is 423. The van der Waals surface area contributed by atoms with E-state index in [1.165, 1.54) is 0 Å². The Morgan fingerprint density at radius 1 is 1.59 bits per heavy atom. The average molecular weight is 301 g/mol. The molecule has 2 N–H and O–H groups in total. The maximum Gasteiger partial charge on any atom is 0.303 e. The van der Waals surface area contributed by atoms with Crippen molar-refractivity contribution < 1.29 is 14.7 Å². The Morgan fingerprint density at radius 2 is 2.29 bits per heavy atom. The Kier molecular flexibility index (Phi) is 5.09. The van der Waals surface area contributed by atoms with Gasteiger partial charge in [0.1, 0.15) is 4.60 Å². The summed E-state index contributed by atoms with van der Waals surface area (Å²) < 4.78 is 0.475. The number of carboxylic acids is 1. The molecular formula is C11H13BrN2O3. The molecule has 1 heterocycles. The lowest BCUT2D eigenvalue weighted by atomic mass is 10.1. The van der Waals surface area contributed by atoms with E-state index in [0.29, 0.717) is 16.7 Å². The molecule has 1 atom stereocenters. The van der Waals surface area contributed by atoms with Crippen LogP contribution >= 0.6 is 15.9 Å². The molecule has 1 aromatic heterocycles. The Labute approximate surface area is 107 Å². The lowest BCUT2D eigenvalue weighted by Gasteiger charge is -2.10. The number of rotatable bonds is 5. The molecule has 1 rings (SSSR count). The highest BCUT2D eigenvalue weighted by molar-refractivity contribution is 9.10. The van der Waals surface area contributed by atoms with Crippen molar-refractivity contribution in [3.63, 3.8) is 0 Å². The molecule has 1 amide bonds. The summed E-state index contributed by atoms with van der Waals surface area (Å²) in [4.78, 5) is 26.1. The zero-order valence-corrected chi connectivity index (χ0v) is 10.9. The normalized spacial score (nSPS) is 11.9. The lowest BCUT2D eigenvalue weighted by Crippen LogP contribution is -2.29. The van der Waals surface area contributed by atoms with Crippen LogP contribution in [0, 0.1) is 5.92 Å². The summed E-state index contributed by atoms with van der Waals surface area (Å²) in [6, 6.07) is 3.31. The van der Waals surface area contributed by atoms with E-state index in [0.717, 1.165) is 0 Å². The fourth-order valence-electron chi connectivity index (χ4n) is 1.29. The highest BCUT2D eigenvalue weighted by Crippen LogP contribution is 2.12. The van der Waals surface area contributed by atoms with E-state index in [1.54, 1.807) is 25.3 Å². The van der Waals surface area contributed by atoms with Gasteiger partial charge in [-0.1, -0.05) is 6.92 Å². The summed E-state index contributed by atoms with van der Waals surface area (Å²) in [7, 11) is 0. The number of hydrogen-bond donors (Lipinski definition) is 2. The minimum Gasteiger partial charge on any atom is -0.481 e. The number of hydrogen-bond acceptors (Lipinski definition) is 3. The average Bonchev–Trinajstić information content (AvgIpc) is 2.25. The third kappa shape index (κ3) is 4.52. The summed E-state index contributed by atoms with van der Waals surface area (Å²) in [5.41, 5.74) is 0.440. The van der Waals surface area contributed by atoms with Gasteiger partial charge in [0.05, 0.1) is 5.56 Å². The standard InChI is InChI=1S/C11H13BrN2O3/c1-7(5-9(15)16)6-14-11(17)8-3-2-4-13-10(8)12/h2-4,7H,5-6H2,1H3,(H,14,17)(H,15,16). The molecule has 92 valence electrons. The Hall–Kier alpha value is -1.43. The molecule has 6 heteroatoms. The Balaban J connectivity index is 2.51. The predicted octanol–water partition coefficient (Wildman–Crippen LogP) is 1.68.